The number of carboxylic acid groups (broad SMARTS) is 1. The quantitative estimate of drug-likeness (QED) is 0.195. The molecule has 3 amide bonds. The van der Waals surface area contributed by atoms with Crippen LogP contribution in [-0.2, 0) is 19.2 Å². The van der Waals surface area contributed by atoms with E-state index in [1.165, 1.54) is 4.90 Å². The summed E-state index contributed by atoms with van der Waals surface area (Å²) in [5.74, 6) is -3.11. The lowest BCUT2D eigenvalue weighted by Gasteiger charge is -2.31. The zero-order valence-electron chi connectivity index (χ0n) is 17.7. The van der Waals surface area contributed by atoms with Crippen molar-refractivity contribution in [1.29, 1.82) is 0 Å². The molecule has 0 radical (unpaired) electrons. The largest absolute Gasteiger partial charge is 0.480 e. The summed E-state index contributed by atoms with van der Waals surface area (Å²) in [5.41, 5.74) is 11.4. The molecule has 11 heteroatoms. The second-order valence-electron chi connectivity index (χ2n) is 7.89. The first-order valence-electron chi connectivity index (χ1n) is 10.3. The molecule has 1 aliphatic rings. The first-order chi connectivity index (χ1) is 14.1. The van der Waals surface area contributed by atoms with Gasteiger partial charge in [-0.25, -0.2) is 4.79 Å². The molecule has 8 N–H and O–H groups in total. The van der Waals surface area contributed by atoms with E-state index in [2.05, 4.69) is 10.6 Å². The molecule has 11 nitrogen and oxygen atoms in total. The number of nitrogens with one attached hydrogen (secondary N) is 2. The van der Waals surface area contributed by atoms with E-state index in [0.29, 0.717) is 38.8 Å². The van der Waals surface area contributed by atoms with E-state index in [0.717, 1.165) is 6.42 Å². The smallest absolute Gasteiger partial charge is 0.328 e. The van der Waals surface area contributed by atoms with Crippen LogP contribution >= 0.6 is 0 Å². The van der Waals surface area contributed by atoms with E-state index in [9.17, 15) is 19.2 Å². The topological polar surface area (TPSA) is 188 Å². The Kier molecular flexibility index (Phi) is 10.7. The molecule has 1 fully saturated rings. The van der Waals surface area contributed by atoms with Gasteiger partial charge in [0.1, 0.15) is 18.1 Å². The van der Waals surface area contributed by atoms with Gasteiger partial charge in [0.05, 0.1) is 12.6 Å². The fourth-order valence-electron chi connectivity index (χ4n) is 3.35. The molecule has 172 valence electrons. The van der Waals surface area contributed by atoms with Gasteiger partial charge in [-0.15, -0.1) is 0 Å². The molecule has 30 heavy (non-hydrogen) atoms. The lowest BCUT2D eigenvalue weighted by atomic mass is 10.0. The van der Waals surface area contributed by atoms with Gasteiger partial charge in [0.15, 0.2) is 0 Å². The molecular formula is C19H35N5O6. The fourth-order valence-corrected chi connectivity index (χ4v) is 3.35. The number of hydrogen-bond acceptors (Lipinski definition) is 7. The summed E-state index contributed by atoms with van der Waals surface area (Å²) in [6.45, 7) is 3.63. The van der Waals surface area contributed by atoms with Crippen LogP contribution in [0.15, 0.2) is 0 Å². The third-order valence-electron chi connectivity index (χ3n) is 5.17. The van der Waals surface area contributed by atoms with Gasteiger partial charge >= 0.3 is 5.97 Å². The molecule has 0 aromatic heterocycles. The van der Waals surface area contributed by atoms with Crippen molar-refractivity contribution in [3.05, 3.63) is 0 Å². The molecule has 0 spiro atoms. The van der Waals surface area contributed by atoms with Crippen LogP contribution in [0.5, 0.6) is 0 Å². The highest BCUT2D eigenvalue weighted by Gasteiger charge is 2.39. The summed E-state index contributed by atoms with van der Waals surface area (Å²) < 4.78 is 0. The SMILES string of the molecule is CC(C)C(NC(=O)C(N)CCCCN)C(=O)N1CCCC1C(=O)NC(CO)C(=O)O. The minimum atomic E-state index is -1.44. The maximum absolute atomic E-state index is 13.1. The van der Waals surface area contributed by atoms with Gasteiger partial charge in [-0.2, -0.15) is 0 Å². The van der Waals surface area contributed by atoms with E-state index in [1.807, 2.05) is 0 Å². The summed E-state index contributed by atoms with van der Waals surface area (Å²) in [6.07, 6.45) is 2.85. The Morgan fingerprint density at radius 1 is 1.17 bits per heavy atom. The fraction of sp³-hybridized carbons (Fsp3) is 0.789. The lowest BCUT2D eigenvalue weighted by Crippen LogP contribution is -2.58. The van der Waals surface area contributed by atoms with Crippen LogP contribution in [-0.4, -0.2) is 82.7 Å². The summed E-state index contributed by atoms with van der Waals surface area (Å²) in [5, 5.41) is 23.1. The number of nitrogens with two attached hydrogens (primary N) is 2. The lowest BCUT2D eigenvalue weighted by molar-refractivity contribution is -0.146. The molecule has 1 heterocycles. The highest BCUT2D eigenvalue weighted by molar-refractivity contribution is 5.94. The van der Waals surface area contributed by atoms with Crippen LogP contribution in [0.3, 0.4) is 0 Å². The number of aliphatic hydroxyl groups excluding tert-OH is 1. The number of carbonyl (C=O) groups excluding carboxylic acids is 3. The minimum Gasteiger partial charge on any atom is -0.480 e. The average molecular weight is 430 g/mol. The van der Waals surface area contributed by atoms with Crippen molar-refractivity contribution in [3.8, 4) is 0 Å². The highest BCUT2D eigenvalue weighted by atomic mass is 16.4. The van der Waals surface area contributed by atoms with E-state index < -0.39 is 54.5 Å². The molecule has 0 aromatic carbocycles. The molecule has 4 atom stereocenters. The Morgan fingerprint density at radius 3 is 2.37 bits per heavy atom. The van der Waals surface area contributed by atoms with E-state index in [-0.39, 0.29) is 5.92 Å². The van der Waals surface area contributed by atoms with E-state index in [1.54, 1.807) is 13.8 Å². The number of nitrogens with zero attached hydrogens (tertiary/aromatic N) is 1. The standard InChI is InChI=1S/C19H35N5O6/c1-11(2)15(23-16(26)12(21)6-3-4-8-20)18(28)24-9-5-7-14(24)17(27)22-13(10-25)19(29)30/h11-15,25H,3-10,20-21H2,1-2H3,(H,22,27)(H,23,26)(H,29,30). The van der Waals surface area contributed by atoms with Gasteiger partial charge < -0.3 is 37.2 Å². The number of aliphatic carboxylic acids is 1. The molecule has 1 saturated heterocycles. The third kappa shape index (κ3) is 7.22. The van der Waals surface area contributed by atoms with Crippen molar-refractivity contribution >= 4 is 23.7 Å². The number of carboxylic acids is 1. The summed E-state index contributed by atoms with van der Waals surface area (Å²) in [6, 6.07) is -3.92. The molecule has 1 aliphatic heterocycles. The number of rotatable bonds is 12. The summed E-state index contributed by atoms with van der Waals surface area (Å²) >= 11 is 0. The second-order valence-corrected chi connectivity index (χ2v) is 7.89. The Bertz CT molecular complexity index is 614. The number of unbranched alkanes of at least 4 members (excludes halogenated alkanes) is 1. The Hall–Kier alpha value is -2.24. The van der Waals surface area contributed by atoms with Crippen molar-refractivity contribution < 1.29 is 29.4 Å². The molecule has 1 rings (SSSR count). The second kappa shape index (κ2) is 12.5. The first-order valence-corrected chi connectivity index (χ1v) is 10.3. The monoisotopic (exact) mass is 429 g/mol. The number of likely N-dealkylation sites (tertiary alicyclic amines) is 1. The first kappa shape index (κ1) is 25.8. The Labute approximate surface area is 176 Å². The molecule has 4 unspecified atom stereocenters. The van der Waals surface area contributed by atoms with Crippen LogP contribution < -0.4 is 22.1 Å². The van der Waals surface area contributed by atoms with Gasteiger partial charge in [0.25, 0.3) is 0 Å². The van der Waals surface area contributed by atoms with Gasteiger partial charge in [0.2, 0.25) is 17.7 Å². The molecule has 0 aromatic rings. The number of hydrogen-bond donors (Lipinski definition) is 6. The number of carbonyl (C=O) groups is 4. The van der Waals surface area contributed by atoms with Crippen molar-refractivity contribution in [2.45, 2.75) is 70.1 Å². The maximum atomic E-state index is 13.1. The zero-order valence-corrected chi connectivity index (χ0v) is 17.7. The minimum absolute atomic E-state index is 0.244. The molecule has 0 saturated carbocycles. The summed E-state index contributed by atoms with van der Waals surface area (Å²) in [4.78, 5) is 50.5. The number of amides is 3. The normalized spacial score (nSPS) is 19.3. The summed E-state index contributed by atoms with van der Waals surface area (Å²) in [7, 11) is 0. The molecular weight excluding hydrogens is 394 g/mol. The van der Waals surface area contributed by atoms with Crippen LogP contribution in [0.2, 0.25) is 0 Å². The Balaban J connectivity index is 2.82. The van der Waals surface area contributed by atoms with Gasteiger partial charge in [-0.05, 0) is 38.1 Å². The van der Waals surface area contributed by atoms with Crippen LogP contribution in [0.1, 0.15) is 46.0 Å². The van der Waals surface area contributed by atoms with Crippen molar-refractivity contribution in [2.24, 2.45) is 17.4 Å². The number of aliphatic hydroxyl groups is 1. The predicted octanol–water partition coefficient (Wildman–Crippen LogP) is -1.86. The van der Waals surface area contributed by atoms with Crippen molar-refractivity contribution in [3.63, 3.8) is 0 Å². The van der Waals surface area contributed by atoms with Crippen molar-refractivity contribution in [2.75, 3.05) is 19.7 Å². The van der Waals surface area contributed by atoms with E-state index >= 15 is 0 Å². The maximum Gasteiger partial charge on any atom is 0.328 e. The van der Waals surface area contributed by atoms with Crippen molar-refractivity contribution in [1.82, 2.24) is 15.5 Å². The van der Waals surface area contributed by atoms with E-state index in [4.69, 9.17) is 21.7 Å². The molecule has 0 aliphatic carbocycles. The average Bonchev–Trinajstić information content (AvgIpc) is 3.18. The molecule has 0 bridgehead atoms. The zero-order chi connectivity index (χ0) is 22.8. The predicted molar refractivity (Wildman–Crippen MR) is 109 cm³/mol. The van der Waals surface area contributed by atoms with Crippen LogP contribution in [0.4, 0.5) is 0 Å². The van der Waals surface area contributed by atoms with Gasteiger partial charge in [-0.3, -0.25) is 14.4 Å². The van der Waals surface area contributed by atoms with Gasteiger partial charge in [-0.1, -0.05) is 20.3 Å². The Morgan fingerprint density at radius 2 is 1.83 bits per heavy atom. The highest BCUT2D eigenvalue weighted by Crippen LogP contribution is 2.20. The van der Waals surface area contributed by atoms with Crippen LogP contribution in [0.25, 0.3) is 0 Å². The van der Waals surface area contributed by atoms with Crippen LogP contribution in [0, 0.1) is 5.92 Å². The third-order valence-corrected chi connectivity index (χ3v) is 5.17. The van der Waals surface area contributed by atoms with Gasteiger partial charge in [0, 0.05) is 6.54 Å².